The molecule has 0 aliphatic rings. The zero-order chi connectivity index (χ0) is 0. The minimum absolute atomic E-state index is 0. The van der Waals surface area contributed by atoms with Gasteiger partial charge in [0.25, 0.3) is 0 Å². The Morgan fingerprint density at radius 3 is 0.120 bits per heavy atom. The molecule has 0 rings (SSSR count). The second kappa shape index (κ2) is 3990. The molecule has 194 valence electrons. The molecule has 18 nitrogen and oxygen atoms in total. The fraction of sp³-hybridized carbons (Fsp3) is 0. The summed E-state index contributed by atoms with van der Waals surface area (Å²) in [4.78, 5) is 0. The molecule has 0 bridgehead atoms. The summed E-state index contributed by atoms with van der Waals surface area (Å²) in [5.41, 5.74) is 0. The van der Waals surface area contributed by atoms with Crippen LogP contribution in [0.4, 0.5) is 0 Å². The maximum absolute atomic E-state index is 0. The Labute approximate surface area is 201 Å². The predicted octanol–water partition coefficient (Wildman–Crippen LogP) is -13.0. The van der Waals surface area contributed by atoms with Crippen LogP contribution in [0.5, 0.6) is 0 Å². The fourth-order valence-corrected chi connectivity index (χ4v) is 0. The summed E-state index contributed by atoms with van der Waals surface area (Å²) >= 11 is 0. The van der Waals surface area contributed by atoms with Gasteiger partial charge in [-0.3, -0.25) is 0 Å². The summed E-state index contributed by atoms with van der Waals surface area (Å²) in [6.07, 6.45) is 0. The van der Waals surface area contributed by atoms with Gasteiger partial charge < -0.3 is 98.6 Å². The summed E-state index contributed by atoms with van der Waals surface area (Å²) in [5.74, 6) is 0. The van der Waals surface area contributed by atoms with Crippen molar-refractivity contribution in [2.45, 2.75) is 0 Å². The number of rotatable bonds is 0. The van der Waals surface area contributed by atoms with Crippen LogP contribution in [0, 0.1) is 0 Å². The van der Waals surface area contributed by atoms with Gasteiger partial charge in [-0.15, -0.1) is 74.4 Å². The van der Waals surface area contributed by atoms with Crippen LogP contribution in [0.3, 0.4) is 0 Å². The summed E-state index contributed by atoms with van der Waals surface area (Å²) < 4.78 is 0. The van der Waals surface area contributed by atoms with E-state index in [0.717, 1.165) is 0 Å². The number of hydrogen-bond donors (Lipinski definition) is 0. The predicted molar refractivity (Wildman–Crippen MR) is 116 cm³/mol. The first-order valence-corrected chi connectivity index (χ1v) is 0. The van der Waals surface area contributed by atoms with E-state index in [-0.39, 0.29) is 203 Å². The van der Waals surface area contributed by atoms with Crippen molar-refractivity contribution in [3.63, 3.8) is 0 Å². The zero-order valence-electron chi connectivity index (χ0n) is 11.4. The van der Waals surface area contributed by atoms with Gasteiger partial charge in [0.2, 0.25) is 0 Å². The number of halogens is 6. The van der Waals surface area contributed by atoms with E-state index < -0.39 is 0 Å². The van der Waals surface area contributed by atoms with Crippen molar-refractivity contribution in [2.75, 3.05) is 0 Å². The Morgan fingerprint density at radius 2 is 0.120 bits per heavy atom. The quantitative estimate of drug-likeness (QED) is 0.246. The first-order valence-electron chi connectivity index (χ1n) is 0. The molecule has 0 unspecified atom stereocenters. The van der Waals surface area contributed by atoms with E-state index in [1.165, 1.54) is 0 Å². The molecule has 0 aromatic heterocycles. The van der Waals surface area contributed by atoms with Crippen LogP contribution in [0.25, 0.3) is 0 Å². The van der Waals surface area contributed by atoms with Gasteiger partial charge >= 0.3 is 29.6 Å². The molecule has 0 saturated heterocycles. The van der Waals surface area contributed by atoms with E-state index in [1.807, 2.05) is 0 Å². The summed E-state index contributed by atoms with van der Waals surface area (Å²) in [6, 6.07) is 0. The molecule has 0 aromatic carbocycles. The molecule has 0 spiro atoms. The van der Waals surface area contributed by atoms with E-state index >= 15 is 0 Å². The van der Waals surface area contributed by atoms with Crippen molar-refractivity contribution in [1.29, 1.82) is 0 Å². The van der Waals surface area contributed by atoms with Crippen LogP contribution >= 0.6 is 74.4 Å². The molecule has 0 aromatic rings. The van der Waals surface area contributed by atoms with Gasteiger partial charge in [0.15, 0.2) is 0 Å². The molecule has 0 fully saturated rings. The molecule has 0 aliphatic heterocycles. The van der Waals surface area contributed by atoms with Gasteiger partial charge in [-0.25, -0.2) is 0 Å². The van der Waals surface area contributed by atoms with Crippen molar-refractivity contribution >= 4 is 104 Å². The zero-order valence-corrected chi connectivity index (χ0v) is 16.3. The molecule has 36 N–H and O–H groups in total. The van der Waals surface area contributed by atoms with Gasteiger partial charge in [0.05, 0.1) is 0 Å². The van der Waals surface area contributed by atoms with Gasteiger partial charge in [0.1, 0.15) is 0 Å². The van der Waals surface area contributed by atoms with Crippen molar-refractivity contribution in [1.82, 2.24) is 0 Å². The molecule has 0 heterocycles. The normalized spacial score (nSPS) is 0. The summed E-state index contributed by atoms with van der Waals surface area (Å²) in [7, 11) is 0. The van der Waals surface area contributed by atoms with E-state index in [1.54, 1.807) is 0 Å². The standard InChI is InChI=1S/6ClH.Na.18H2O.H/h6*1H;;18*1H2;. The Morgan fingerprint density at radius 1 is 0.120 bits per heavy atom. The first kappa shape index (κ1) is 4480. The molecule has 0 saturated carbocycles. The molecule has 0 radical (unpaired) electrons. The SMILES string of the molecule is Cl.Cl.Cl.Cl.Cl.Cl.O.O.O.O.O.O.O.O.O.O.O.O.O.O.O.O.O.O.[NaH]. The van der Waals surface area contributed by atoms with Crippen LogP contribution < -0.4 is 0 Å². The average Bonchev–Trinajstić information content (AvgIpc) is 0. The maximum atomic E-state index is 0. The Hall–Kier alpha value is 2.02. The van der Waals surface area contributed by atoms with Crippen LogP contribution in [0.1, 0.15) is 0 Å². The van der Waals surface area contributed by atoms with Gasteiger partial charge in [0, 0.05) is 0 Å². The molecule has 25 heteroatoms. The molecular weight excluding hydrogens is 524 g/mol. The molecule has 25 heavy (non-hydrogen) atoms. The van der Waals surface area contributed by atoms with E-state index in [9.17, 15) is 0 Å². The van der Waals surface area contributed by atoms with Crippen LogP contribution in [-0.4, -0.2) is 128 Å². The van der Waals surface area contributed by atoms with Gasteiger partial charge in [-0.05, 0) is 0 Å². The Balaban J connectivity index is 0. The number of hydrogen-bond acceptors (Lipinski definition) is 0. The van der Waals surface area contributed by atoms with E-state index in [4.69, 9.17) is 0 Å². The summed E-state index contributed by atoms with van der Waals surface area (Å²) in [5, 5.41) is 0. The molecule has 0 aliphatic carbocycles. The van der Waals surface area contributed by atoms with Gasteiger partial charge in [-0.1, -0.05) is 0 Å². The molecule has 0 atom stereocenters. The third kappa shape index (κ3) is 3680. The van der Waals surface area contributed by atoms with Crippen LogP contribution in [0.2, 0.25) is 0 Å². The second-order valence-electron chi connectivity index (χ2n) is 0. The van der Waals surface area contributed by atoms with E-state index in [0.29, 0.717) is 0 Å². The van der Waals surface area contributed by atoms with Gasteiger partial charge in [-0.2, -0.15) is 0 Å². The third-order valence-electron chi connectivity index (χ3n) is 0. The molecular formula is H43Cl6NaO18. The van der Waals surface area contributed by atoms with Crippen molar-refractivity contribution in [2.24, 2.45) is 0 Å². The Kier molecular flexibility index (Phi) is 716000. The average molecular weight is 567 g/mol. The topological polar surface area (TPSA) is 567 Å². The van der Waals surface area contributed by atoms with E-state index in [2.05, 4.69) is 0 Å². The Bertz CT molecular complexity index is 25.5. The summed E-state index contributed by atoms with van der Waals surface area (Å²) in [6.45, 7) is 0. The molecule has 0 amide bonds. The first-order chi connectivity index (χ1) is 0. The van der Waals surface area contributed by atoms with Crippen LogP contribution in [-0.2, 0) is 0 Å². The fourth-order valence-electron chi connectivity index (χ4n) is 0. The third-order valence-corrected chi connectivity index (χ3v) is 0. The van der Waals surface area contributed by atoms with Crippen molar-refractivity contribution in [3.8, 4) is 0 Å². The van der Waals surface area contributed by atoms with Crippen LogP contribution in [0.15, 0.2) is 0 Å². The minimum atomic E-state index is 0. The van der Waals surface area contributed by atoms with Crippen molar-refractivity contribution < 1.29 is 98.6 Å². The monoisotopic (exact) mass is 564 g/mol. The second-order valence-corrected chi connectivity index (χ2v) is 0. The van der Waals surface area contributed by atoms with Crippen molar-refractivity contribution in [3.05, 3.63) is 0 Å².